The molecule has 1 N–H and O–H groups in total. The van der Waals surface area contributed by atoms with Gasteiger partial charge in [-0.1, -0.05) is 5.16 Å². The number of aryl methyl sites for hydroxylation is 1. The highest BCUT2D eigenvalue weighted by Gasteiger charge is 2.15. The molecule has 2 heterocycles. The molecule has 0 unspecified atom stereocenters. The highest BCUT2D eigenvalue weighted by molar-refractivity contribution is 6.11. The number of carbonyl (C=O) groups is 1. The summed E-state index contributed by atoms with van der Waals surface area (Å²) >= 11 is 0. The van der Waals surface area contributed by atoms with E-state index in [1.165, 1.54) is 0 Å². The fraction of sp³-hybridized carbons (Fsp3) is 0.188. The minimum absolute atomic E-state index is 0.194. The van der Waals surface area contributed by atoms with Crippen molar-refractivity contribution < 1.29 is 18.5 Å². The van der Waals surface area contributed by atoms with Crippen molar-refractivity contribution in [3.05, 3.63) is 52.1 Å². The second-order valence-corrected chi connectivity index (χ2v) is 4.85. The van der Waals surface area contributed by atoms with Crippen LogP contribution in [-0.4, -0.2) is 17.7 Å². The second-order valence-electron chi connectivity index (χ2n) is 4.85. The van der Waals surface area contributed by atoms with Crippen LogP contribution in [0.25, 0.3) is 11.0 Å². The molecule has 1 amide bonds. The summed E-state index contributed by atoms with van der Waals surface area (Å²) in [4.78, 5) is 24.1. The molecule has 7 nitrogen and oxygen atoms in total. The number of anilines is 1. The van der Waals surface area contributed by atoms with E-state index >= 15 is 0 Å². The summed E-state index contributed by atoms with van der Waals surface area (Å²) in [6.45, 7) is 4.05. The quantitative estimate of drug-likeness (QED) is 0.744. The number of ether oxygens (including phenoxy) is 1. The lowest BCUT2D eigenvalue weighted by Crippen LogP contribution is -2.15. The van der Waals surface area contributed by atoms with Crippen molar-refractivity contribution in [1.82, 2.24) is 5.16 Å². The molecule has 0 aliphatic rings. The van der Waals surface area contributed by atoms with E-state index in [1.807, 2.05) is 6.92 Å². The molecule has 0 atom stereocenters. The number of hydrogen-bond acceptors (Lipinski definition) is 6. The summed E-state index contributed by atoms with van der Waals surface area (Å²) in [5, 5.41) is 6.78. The van der Waals surface area contributed by atoms with Gasteiger partial charge in [0.05, 0.1) is 12.2 Å². The predicted molar refractivity (Wildman–Crippen MR) is 82.8 cm³/mol. The summed E-state index contributed by atoms with van der Waals surface area (Å²) in [5.41, 5.74) is -0.141. The maximum absolute atomic E-state index is 12.4. The monoisotopic (exact) mass is 314 g/mol. The zero-order valence-electron chi connectivity index (χ0n) is 12.6. The molecule has 0 aliphatic carbocycles. The van der Waals surface area contributed by atoms with Crippen LogP contribution in [0.3, 0.4) is 0 Å². The Labute approximate surface area is 130 Å². The van der Waals surface area contributed by atoms with Gasteiger partial charge in [0, 0.05) is 23.6 Å². The van der Waals surface area contributed by atoms with Crippen LogP contribution in [0.2, 0.25) is 0 Å². The van der Waals surface area contributed by atoms with Gasteiger partial charge in [-0.3, -0.25) is 4.79 Å². The Morgan fingerprint density at radius 3 is 2.83 bits per heavy atom. The van der Waals surface area contributed by atoms with E-state index in [0.29, 0.717) is 23.5 Å². The second kappa shape index (κ2) is 5.96. The van der Waals surface area contributed by atoms with E-state index < -0.39 is 11.5 Å². The SMILES string of the molecule is CCOc1ccc2c(C(=O)Nc3cc(C)on3)cc(=O)oc2c1. The predicted octanol–water partition coefficient (Wildman–Crippen LogP) is 2.74. The van der Waals surface area contributed by atoms with E-state index in [1.54, 1.807) is 31.2 Å². The molecule has 0 radical (unpaired) electrons. The molecule has 0 bridgehead atoms. The Hall–Kier alpha value is -3.09. The molecule has 118 valence electrons. The molecular weight excluding hydrogens is 300 g/mol. The fourth-order valence-corrected chi connectivity index (χ4v) is 2.20. The Balaban J connectivity index is 2.02. The van der Waals surface area contributed by atoms with Gasteiger partial charge < -0.3 is 19.0 Å². The summed E-state index contributed by atoms with van der Waals surface area (Å²) in [7, 11) is 0. The summed E-state index contributed by atoms with van der Waals surface area (Å²) in [5.74, 6) is 0.937. The van der Waals surface area contributed by atoms with Gasteiger partial charge in [0.15, 0.2) is 5.82 Å². The van der Waals surface area contributed by atoms with Crippen LogP contribution in [0, 0.1) is 6.92 Å². The zero-order valence-corrected chi connectivity index (χ0v) is 12.6. The number of carbonyl (C=O) groups excluding carboxylic acids is 1. The van der Waals surface area contributed by atoms with Gasteiger partial charge in [-0.25, -0.2) is 4.79 Å². The lowest BCUT2D eigenvalue weighted by molar-refractivity contribution is 0.102. The molecule has 1 aromatic carbocycles. The number of fused-ring (bicyclic) bond motifs is 1. The minimum atomic E-state index is -0.618. The summed E-state index contributed by atoms with van der Waals surface area (Å²) in [6.07, 6.45) is 0. The molecule has 3 aromatic rings. The molecule has 0 fully saturated rings. The smallest absolute Gasteiger partial charge is 0.337 e. The molecule has 3 rings (SSSR count). The van der Waals surface area contributed by atoms with Crippen molar-refractivity contribution in [3.63, 3.8) is 0 Å². The van der Waals surface area contributed by atoms with Crippen LogP contribution in [0.1, 0.15) is 23.0 Å². The number of hydrogen-bond donors (Lipinski definition) is 1. The van der Waals surface area contributed by atoms with Crippen LogP contribution in [0.15, 0.2) is 44.1 Å². The Morgan fingerprint density at radius 1 is 1.30 bits per heavy atom. The standard InChI is InChI=1S/C16H14N2O5/c1-3-21-10-4-5-11-12(8-15(19)22-13(11)7-10)16(20)17-14-6-9(2)23-18-14/h4-8H,3H2,1-2H3,(H,17,18,20). The Kier molecular flexibility index (Phi) is 3.84. The Bertz CT molecular complexity index is 926. The zero-order chi connectivity index (χ0) is 16.4. The molecule has 0 saturated heterocycles. The van der Waals surface area contributed by atoms with E-state index in [0.717, 1.165) is 6.07 Å². The molecule has 2 aromatic heterocycles. The van der Waals surface area contributed by atoms with Crippen LogP contribution in [0.4, 0.5) is 5.82 Å². The van der Waals surface area contributed by atoms with E-state index in [2.05, 4.69) is 10.5 Å². The van der Waals surface area contributed by atoms with Crippen molar-refractivity contribution in [2.24, 2.45) is 0 Å². The van der Waals surface area contributed by atoms with Crippen molar-refractivity contribution >= 4 is 22.7 Å². The normalized spacial score (nSPS) is 10.7. The average molecular weight is 314 g/mol. The molecule has 23 heavy (non-hydrogen) atoms. The molecular formula is C16H14N2O5. The van der Waals surface area contributed by atoms with Gasteiger partial charge >= 0.3 is 5.63 Å². The average Bonchev–Trinajstić information content (AvgIpc) is 2.91. The van der Waals surface area contributed by atoms with Crippen LogP contribution < -0.4 is 15.7 Å². The first-order valence-electron chi connectivity index (χ1n) is 7.02. The third kappa shape index (κ3) is 3.08. The largest absolute Gasteiger partial charge is 0.494 e. The van der Waals surface area contributed by atoms with Gasteiger partial charge in [0.1, 0.15) is 17.1 Å². The van der Waals surface area contributed by atoms with Gasteiger partial charge in [-0.15, -0.1) is 0 Å². The lowest BCUT2D eigenvalue weighted by atomic mass is 10.1. The van der Waals surface area contributed by atoms with E-state index in [9.17, 15) is 9.59 Å². The van der Waals surface area contributed by atoms with Crippen LogP contribution in [-0.2, 0) is 0 Å². The van der Waals surface area contributed by atoms with E-state index in [4.69, 9.17) is 13.7 Å². The van der Waals surface area contributed by atoms with Crippen molar-refractivity contribution in [2.75, 3.05) is 11.9 Å². The molecule has 0 aliphatic heterocycles. The first-order valence-corrected chi connectivity index (χ1v) is 7.02. The number of nitrogens with zero attached hydrogens (tertiary/aromatic N) is 1. The number of benzene rings is 1. The topological polar surface area (TPSA) is 94.6 Å². The molecule has 0 spiro atoms. The molecule has 0 saturated carbocycles. The summed E-state index contributed by atoms with van der Waals surface area (Å²) < 4.78 is 15.4. The Morgan fingerprint density at radius 2 is 2.13 bits per heavy atom. The fourth-order valence-electron chi connectivity index (χ4n) is 2.20. The van der Waals surface area contributed by atoms with E-state index in [-0.39, 0.29) is 17.0 Å². The third-order valence-electron chi connectivity index (χ3n) is 3.14. The maximum atomic E-state index is 12.4. The minimum Gasteiger partial charge on any atom is -0.494 e. The maximum Gasteiger partial charge on any atom is 0.337 e. The first kappa shape index (κ1) is 14.8. The number of nitrogens with one attached hydrogen (secondary N) is 1. The van der Waals surface area contributed by atoms with Crippen molar-refractivity contribution in [3.8, 4) is 5.75 Å². The number of amides is 1. The van der Waals surface area contributed by atoms with Crippen LogP contribution >= 0.6 is 0 Å². The van der Waals surface area contributed by atoms with Crippen LogP contribution in [0.5, 0.6) is 5.75 Å². The highest BCUT2D eigenvalue weighted by Crippen LogP contribution is 2.23. The van der Waals surface area contributed by atoms with Gasteiger partial charge in [0.2, 0.25) is 0 Å². The first-order chi connectivity index (χ1) is 11.1. The van der Waals surface area contributed by atoms with Gasteiger partial charge in [-0.2, -0.15) is 0 Å². The lowest BCUT2D eigenvalue weighted by Gasteiger charge is -2.07. The van der Waals surface area contributed by atoms with Crippen molar-refractivity contribution in [2.45, 2.75) is 13.8 Å². The molecule has 7 heteroatoms. The van der Waals surface area contributed by atoms with Crippen molar-refractivity contribution in [1.29, 1.82) is 0 Å². The summed E-state index contributed by atoms with van der Waals surface area (Å²) in [6, 6.07) is 7.69. The number of aromatic nitrogens is 1. The van der Waals surface area contributed by atoms with Gasteiger partial charge in [-0.05, 0) is 26.0 Å². The van der Waals surface area contributed by atoms with Gasteiger partial charge in [0.25, 0.3) is 5.91 Å². The third-order valence-corrected chi connectivity index (χ3v) is 3.14. The number of rotatable bonds is 4. The highest BCUT2D eigenvalue weighted by atomic mass is 16.5.